The summed E-state index contributed by atoms with van der Waals surface area (Å²) in [6, 6.07) is 4.15. The first-order valence-electron chi connectivity index (χ1n) is 8.99. The number of Topliss-reactive ketones (excluding diaryl/α,β-unsaturated/α-hetero) is 1. The molecule has 2 aliphatic carbocycles. The normalized spacial score (nSPS) is 42.0. The highest BCUT2D eigenvalue weighted by Crippen LogP contribution is 2.67. The first-order chi connectivity index (χ1) is 12.1. The van der Waals surface area contributed by atoms with Gasteiger partial charge in [-0.2, -0.15) is 0 Å². The summed E-state index contributed by atoms with van der Waals surface area (Å²) in [5.74, 6) is 0.784. The molecular weight excluding hydrogens is 322 g/mol. The molecule has 1 aromatic carbocycles. The van der Waals surface area contributed by atoms with Crippen molar-refractivity contribution in [1.82, 2.24) is 4.90 Å². The molecule has 0 N–H and O–H groups in total. The van der Waals surface area contributed by atoms with E-state index in [1.807, 2.05) is 6.07 Å². The quantitative estimate of drug-likeness (QED) is 0.567. The summed E-state index contributed by atoms with van der Waals surface area (Å²) in [6.45, 7) is 2.93. The van der Waals surface area contributed by atoms with E-state index in [0.29, 0.717) is 30.7 Å². The van der Waals surface area contributed by atoms with E-state index in [-0.39, 0.29) is 17.4 Å². The number of hydrogen-bond donors (Lipinski definition) is 0. The van der Waals surface area contributed by atoms with Gasteiger partial charge in [0.2, 0.25) is 0 Å². The van der Waals surface area contributed by atoms with Crippen molar-refractivity contribution >= 4 is 11.8 Å². The smallest absolute Gasteiger partial charge is 0.308 e. The Morgan fingerprint density at radius 2 is 2.24 bits per heavy atom. The Kier molecular flexibility index (Phi) is 2.42. The number of nitrogens with zero attached hydrogens (tertiary/aromatic N) is 1. The maximum Gasteiger partial charge on any atom is 0.308 e. The third kappa shape index (κ3) is 1.39. The minimum Gasteiger partial charge on any atom is -0.477 e. The van der Waals surface area contributed by atoms with Crippen molar-refractivity contribution in [2.45, 2.75) is 55.8 Å². The fourth-order valence-electron chi connectivity index (χ4n) is 6.26. The lowest BCUT2D eigenvalue weighted by molar-refractivity contribution is -0.159. The molecule has 6 heteroatoms. The van der Waals surface area contributed by atoms with Gasteiger partial charge in [-0.15, -0.1) is 0 Å². The van der Waals surface area contributed by atoms with Crippen LogP contribution >= 0.6 is 0 Å². The number of carbonyl (C=O) groups excluding carboxylic acids is 2. The topological polar surface area (TPSA) is 65.1 Å². The Hall–Kier alpha value is -1.92. The number of benzene rings is 1. The van der Waals surface area contributed by atoms with E-state index < -0.39 is 11.5 Å². The molecular formula is C19H19NO5. The van der Waals surface area contributed by atoms with Gasteiger partial charge in [0.1, 0.15) is 12.3 Å². The molecule has 1 saturated carbocycles. The second kappa shape index (κ2) is 4.24. The zero-order valence-corrected chi connectivity index (χ0v) is 14.0. The van der Waals surface area contributed by atoms with Crippen molar-refractivity contribution in [2.75, 3.05) is 13.3 Å². The molecule has 2 unspecified atom stereocenters. The van der Waals surface area contributed by atoms with Gasteiger partial charge in [-0.25, -0.2) is 0 Å². The molecule has 6 rings (SSSR count). The predicted molar refractivity (Wildman–Crippen MR) is 85.6 cm³/mol. The molecule has 5 aliphatic rings. The number of piperidine rings is 1. The molecule has 6 nitrogen and oxygen atoms in total. The van der Waals surface area contributed by atoms with Crippen LogP contribution in [0.1, 0.15) is 37.3 Å². The zero-order valence-electron chi connectivity index (χ0n) is 14.0. The van der Waals surface area contributed by atoms with E-state index in [9.17, 15) is 9.59 Å². The first kappa shape index (κ1) is 14.3. The molecule has 25 heavy (non-hydrogen) atoms. The zero-order chi connectivity index (χ0) is 17.0. The van der Waals surface area contributed by atoms with Crippen LogP contribution < -0.4 is 9.47 Å². The highest BCUT2D eigenvalue weighted by Gasteiger charge is 2.76. The summed E-state index contributed by atoms with van der Waals surface area (Å²) in [5, 5.41) is 0. The Bertz CT molecular complexity index is 850. The molecule has 2 spiro atoms. The van der Waals surface area contributed by atoms with E-state index in [1.54, 1.807) is 6.07 Å². The van der Waals surface area contributed by atoms with Crippen molar-refractivity contribution in [1.29, 1.82) is 0 Å². The van der Waals surface area contributed by atoms with Gasteiger partial charge in [0.25, 0.3) is 0 Å². The van der Waals surface area contributed by atoms with Crippen LogP contribution in [0.3, 0.4) is 0 Å². The van der Waals surface area contributed by atoms with E-state index in [4.69, 9.17) is 14.2 Å². The number of ether oxygens (including phenoxy) is 3. The van der Waals surface area contributed by atoms with E-state index in [0.717, 1.165) is 31.4 Å². The minimum absolute atomic E-state index is 0.145. The molecule has 0 amide bonds. The molecule has 4 bridgehead atoms. The molecule has 130 valence electrons. The summed E-state index contributed by atoms with van der Waals surface area (Å²) >= 11 is 0. The molecule has 3 fully saturated rings. The Balaban J connectivity index is 1.66. The molecule has 0 aromatic heterocycles. The monoisotopic (exact) mass is 341 g/mol. The summed E-state index contributed by atoms with van der Waals surface area (Å²) in [7, 11) is 0. The van der Waals surface area contributed by atoms with Crippen molar-refractivity contribution in [3.8, 4) is 11.5 Å². The van der Waals surface area contributed by atoms with Gasteiger partial charge >= 0.3 is 5.97 Å². The van der Waals surface area contributed by atoms with Crippen LogP contribution in [0.15, 0.2) is 12.1 Å². The standard InChI is InChI=1S/C19H19NO5/c1-10(21)24-13-3-2-11-8-14-19-5-4-12(22)17-18(19,15(11)16(13)25-17)6-7-20(14)9-23-19/h2-3,14,17H,4-9H2,1H3/t14-,17+,18?,19-/m1/s1. The van der Waals surface area contributed by atoms with Gasteiger partial charge in [-0.3, -0.25) is 14.5 Å². The second-order valence-corrected chi connectivity index (χ2v) is 7.90. The SMILES string of the molecule is CC(=O)Oc1ccc2c3c1O[C@H]1C(=O)CC[C@]45OCN(CCC314)[C@@H]5C2. The second-order valence-electron chi connectivity index (χ2n) is 7.90. The fraction of sp³-hybridized carbons (Fsp3) is 0.579. The maximum absolute atomic E-state index is 12.8. The molecule has 3 aliphatic heterocycles. The Morgan fingerprint density at radius 1 is 1.36 bits per heavy atom. The Morgan fingerprint density at radius 3 is 3.08 bits per heavy atom. The molecule has 2 saturated heterocycles. The number of esters is 1. The number of rotatable bonds is 1. The summed E-state index contributed by atoms with van der Waals surface area (Å²) in [4.78, 5) is 26.8. The van der Waals surface area contributed by atoms with Crippen LogP contribution in [0.2, 0.25) is 0 Å². The third-order valence-electron chi connectivity index (χ3n) is 7.05. The summed E-state index contributed by atoms with van der Waals surface area (Å²) in [6.07, 6.45) is 2.47. The van der Waals surface area contributed by atoms with Crippen molar-refractivity contribution in [2.24, 2.45) is 0 Å². The predicted octanol–water partition coefficient (Wildman–Crippen LogP) is 1.33. The largest absolute Gasteiger partial charge is 0.477 e. The van der Waals surface area contributed by atoms with Crippen LogP contribution in [0.5, 0.6) is 11.5 Å². The number of carbonyl (C=O) groups is 2. The highest BCUT2D eigenvalue weighted by molar-refractivity contribution is 5.90. The first-order valence-corrected chi connectivity index (χ1v) is 8.99. The number of hydrogen-bond acceptors (Lipinski definition) is 6. The lowest BCUT2D eigenvalue weighted by Gasteiger charge is -2.59. The molecule has 5 atom stereocenters. The van der Waals surface area contributed by atoms with Crippen LogP contribution in [0.4, 0.5) is 0 Å². The lowest BCUT2D eigenvalue weighted by atomic mass is 9.49. The van der Waals surface area contributed by atoms with Crippen LogP contribution in [-0.2, 0) is 26.2 Å². The molecule has 3 heterocycles. The Labute approximate surface area is 145 Å². The lowest BCUT2D eigenvalue weighted by Crippen LogP contribution is -2.73. The van der Waals surface area contributed by atoms with E-state index in [2.05, 4.69) is 4.90 Å². The van der Waals surface area contributed by atoms with Crippen molar-refractivity contribution in [3.63, 3.8) is 0 Å². The minimum atomic E-state index is -0.519. The fourth-order valence-corrected chi connectivity index (χ4v) is 6.26. The van der Waals surface area contributed by atoms with Gasteiger partial charge in [0, 0.05) is 31.5 Å². The van der Waals surface area contributed by atoms with Crippen molar-refractivity contribution in [3.05, 3.63) is 23.3 Å². The van der Waals surface area contributed by atoms with Gasteiger partial charge in [-0.1, -0.05) is 6.07 Å². The third-order valence-corrected chi connectivity index (χ3v) is 7.05. The molecule has 0 radical (unpaired) electrons. The summed E-state index contributed by atoms with van der Waals surface area (Å²) in [5.41, 5.74) is 1.50. The molecule has 1 aromatic rings. The van der Waals surface area contributed by atoms with Gasteiger partial charge in [-0.05, 0) is 30.9 Å². The van der Waals surface area contributed by atoms with Gasteiger partial charge in [0.05, 0.1) is 5.41 Å². The van der Waals surface area contributed by atoms with Crippen LogP contribution in [0.25, 0.3) is 0 Å². The van der Waals surface area contributed by atoms with Gasteiger partial charge in [0.15, 0.2) is 23.4 Å². The van der Waals surface area contributed by atoms with E-state index in [1.165, 1.54) is 12.5 Å². The maximum atomic E-state index is 12.8. The highest BCUT2D eigenvalue weighted by atomic mass is 16.6. The number of ketones is 1. The average molecular weight is 341 g/mol. The summed E-state index contributed by atoms with van der Waals surface area (Å²) < 4.78 is 18.1. The van der Waals surface area contributed by atoms with Crippen LogP contribution in [0, 0.1) is 0 Å². The van der Waals surface area contributed by atoms with Gasteiger partial charge < -0.3 is 14.2 Å². The average Bonchev–Trinajstić information content (AvgIpc) is 3.04. The van der Waals surface area contributed by atoms with Crippen molar-refractivity contribution < 1.29 is 23.8 Å². The van der Waals surface area contributed by atoms with Crippen LogP contribution in [-0.4, -0.2) is 47.7 Å². The van der Waals surface area contributed by atoms with E-state index >= 15 is 0 Å².